The van der Waals surface area contributed by atoms with Crippen molar-refractivity contribution in [3.63, 3.8) is 0 Å². The Hall–Kier alpha value is -5.39. The molecule has 5 aromatic carbocycles. The van der Waals surface area contributed by atoms with Crippen LogP contribution in [0.2, 0.25) is 0 Å². The van der Waals surface area contributed by atoms with E-state index in [9.17, 15) is 42.1 Å². The van der Waals surface area contributed by atoms with E-state index in [-0.39, 0.29) is 89.9 Å². The summed E-state index contributed by atoms with van der Waals surface area (Å²) in [5.74, 6) is 0. The molecule has 85 heavy (non-hydrogen) atoms. The fourth-order valence-corrected chi connectivity index (χ4v) is 20.5. The minimum Gasteiger partial charge on any atom is -0.207 e. The van der Waals surface area contributed by atoms with E-state index in [4.69, 9.17) is 0 Å². The molecular weight excluding hydrogens is 1170 g/mol. The number of rotatable bonds is 28. The summed E-state index contributed by atoms with van der Waals surface area (Å²) >= 11 is 0. The van der Waals surface area contributed by atoms with Crippen molar-refractivity contribution in [1.29, 1.82) is 0 Å². The summed E-state index contributed by atoms with van der Waals surface area (Å²) in [5, 5.41) is 0. The third kappa shape index (κ3) is 16.6. The van der Waals surface area contributed by atoms with Gasteiger partial charge in [-0.15, -0.1) is 0 Å². The highest BCUT2D eigenvalue weighted by atomic mass is 32.2. The molecule has 0 atom stereocenters. The Bertz CT molecular complexity index is 3670. The molecule has 5 aromatic rings. The molecule has 0 fully saturated rings. The summed E-state index contributed by atoms with van der Waals surface area (Å²) in [6, 6.07) is 18.1. The van der Waals surface area contributed by atoms with E-state index in [0.717, 1.165) is 27.8 Å². The SMILES string of the molecule is CCN(C/C=C\CN(C/C=C\CN(C/C=C\CN(C/C=C\CN(CC)S(=O)(=O)c1c(C)cc(C)cc1C)S(=O)(=O)c1c(C)cc(C)cc1C)S(=O)(=O)c1c(C)cc(C)cc1C)S(=O)(=O)c1c(C)cc(C)cc1C)S(=O)(=O)c1c(C)cc(C)cc1C. The third-order valence-electron chi connectivity index (χ3n) is 14.9. The van der Waals surface area contributed by atoms with Crippen molar-refractivity contribution in [2.45, 2.75) is 142 Å². The maximum Gasteiger partial charge on any atom is 0.244 e. The zero-order valence-electron chi connectivity index (χ0n) is 52.8. The van der Waals surface area contributed by atoms with E-state index >= 15 is 0 Å². The summed E-state index contributed by atoms with van der Waals surface area (Å²) in [6.45, 7) is 29.8. The summed E-state index contributed by atoms with van der Waals surface area (Å²) in [5.41, 5.74) is 10.4. The molecular formula is C65H89N5O10S5. The summed E-state index contributed by atoms with van der Waals surface area (Å²) in [7, 11) is -20.5. The second-order valence-corrected chi connectivity index (χ2v) is 31.8. The van der Waals surface area contributed by atoms with E-state index in [1.54, 1.807) is 168 Å². The van der Waals surface area contributed by atoms with Gasteiger partial charge in [0.05, 0.1) is 24.5 Å². The molecule has 464 valence electrons. The van der Waals surface area contributed by atoms with Gasteiger partial charge in [0, 0.05) is 65.4 Å². The summed E-state index contributed by atoms with van der Waals surface area (Å²) in [6.07, 6.45) is 12.9. The monoisotopic (exact) mass is 1260 g/mol. The highest BCUT2D eigenvalue weighted by Gasteiger charge is 2.32. The van der Waals surface area contributed by atoms with E-state index in [0.29, 0.717) is 55.6 Å². The highest BCUT2D eigenvalue weighted by Crippen LogP contribution is 2.31. The van der Waals surface area contributed by atoms with E-state index in [2.05, 4.69) is 0 Å². The van der Waals surface area contributed by atoms with Gasteiger partial charge in [-0.1, -0.05) is 151 Å². The van der Waals surface area contributed by atoms with Crippen LogP contribution in [0, 0.1) is 104 Å². The molecule has 0 aliphatic rings. The van der Waals surface area contributed by atoms with Crippen molar-refractivity contribution in [2.24, 2.45) is 0 Å². The van der Waals surface area contributed by atoms with Gasteiger partial charge in [0.15, 0.2) is 0 Å². The number of hydrogen-bond donors (Lipinski definition) is 0. The molecule has 0 saturated carbocycles. The largest absolute Gasteiger partial charge is 0.244 e. The Labute approximate surface area is 510 Å². The fourth-order valence-electron chi connectivity index (χ4n) is 11.7. The van der Waals surface area contributed by atoms with Gasteiger partial charge >= 0.3 is 0 Å². The Morgan fingerprint density at radius 3 is 0.482 bits per heavy atom. The molecule has 0 saturated heterocycles. The first kappa shape index (κ1) is 70.4. The van der Waals surface area contributed by atoms with Crippen LogP contribution >= 0.6 is 0 Å². The van der Waals surface area contributed by atoms with Crippen LogP contribution in [0.25, 0.3) is 0 Å². The molecule has 20 heteroatoms. The van der Waals surface area contributed by atoms with Gasteiger partial charge in [0.1, 0.15) is 0 Å². The van der Waals surface area contributed by atoms with Crippen LogP contribution < -0.4 is 0 Å². The molecule has 15 nitrogen and oxygen atoms in total. The molecule has 0 heterocycles. The molecule has 0 amide bonds. The van der Waals surface area contributed by atoms with Gasteiger partial charge in [0.25, 0.3) is 0 Å². The minimum atomic E-state index is -4.25. The van der Waals surface area contributed by atoms with E-state index in [1.165, 1.54) is 21.5 Å². The Morgan fingerprint density at radius 2 is 0.353 bits per heavy atom. The van der Waals surface area contributed by atoms with Crippen LogP contribution in [0.15, 0.2) is 134 Å². The minimum absolute atomic E-state index is 0.0136. The van der Waals surface area contributed by atoms with Crippen molar-refractivity contribution in [1.82, 2.24) is 21.5 Å². The van der Waals surface area contributed by atoms with Crippen LogP contribution in [-0.2, 0) is 50.1 Å². The molecule has 0 radical (unpaired) electrons. The van der Waals surface area contributed by atoms with Gasteiger partial charge in [-0.2, -0.15) is 21.5 Å². The zero-order chi connectivity index (χ0) is 63.7. The molecule has 0 N–H and O–H groups in total. The third-order valence-corrected chi connectivity index (χ3v) is 25.8. The first-order valence-corrected chi connectivity index (χ1v) is 35.7. The quantitative estimate of drug-likeness (QED) is 0.0436. The Balaban J connectivity index is 1.49. The van der Waals surface area contributed by atoms with E-state index < -0.39 is 50.1 Å². The number of benzene rings is 5. The molecule has 0 aliphatic heterocycles. The predicted octanol–water partition coefficient (Wildman–Crippen LogP) is 11.3. The summed E-state index contributed by atoms with van der Waals surface area (Å²) in [4.78, 5) is 0.879. The van der Waals surface area contributed by atoms with Crippen molar-refractivity contribution >= 4 is 50.1 Å². The van der Waals surface area contributed by atoms with Gasteiger partial charge in [-0.25, -0.2) is 42.1 Å². The maximum absolute atomic E-state index is 14.9. The van der Waals surface area contributed by atoms with Crippen LogP contribution in [-0.4, -0.2) is 129 Å². The van der Waals surface area contributed by atoms with Crippen LogP contribution in [0.1, 0.15) is 97.3 Å². The van der Waals surface area contributed by atoms with Crippen molar-refractivity contribution in [3.05, 3.63) is 193 Å². The predicted molar refractivity (Wildman–Crippen MR) is 345 cm³/mol. The molecule has 0 aromatic heterocycles. The number of hydrogen-bond acceptors (Lipinski definition) is 10. The number of sulfonamides is 5. The number of aryl methyl sites for hydroxylation is 15. The lowest BCUT2D eigenvalue weighted by molar-refractivity contribution is 0.453. The second-order valence-electron chi connectivity index (χ2n) is 22.4. The standard InChI is InChI=1S/C65H89N5O10S5/c1-18-66(81(71,72)61-51(8)36-46(3)37-52(61)9)28-20-22-30-68(83(75,76)63-55(12)40-48(5)41-56(63)13)32-24-26-34-70(85(79,80)65-59(16)44-50(7)45-60(65)17)35-27-25-33-69(84(77,78)64-57(14)42-49(6)43-58(64)15)31-23-21-29-67(19-2)82(73,74)62-53(10)38-47(4)39-54(62)11/h20-27,36-45H,18-19,28-35H2,1-17H3/b22-20-,23-21-,26-24-,27-25-. The lowest BCUT2D eigenvalue weighted by Crippen LogP contribution is -2.35. The lowest BCUT2D eigenvalue weighted by Gasteiger charge is -2.24. The van der Waals surface area contributed by atoms with Crippen LogP contribution in [0.4, 0.5) is 0 Å². The molecule has 0 spiro atoms. The van der Waals surface area contributed by atoms with Crippen LogP contribution in [0.3, 0.4) is 0 Å². The molecule has 0 aliphatic carbocycles. The van der Waals surface area contributed by atoms with E-state index in [1.807, 2.05) is 58.9 Å². The highest BCUT2D eigenvalue weighted by molar-refractivity contribution is 7.90. The van der Waals surface area contributed by atoms with Gasteiger partial charge in [-0.3, -0.25) is 0 Å². The lowest BCUT2D eigenvalue weighted by atomic mass is 10.1. The van der Waals surface area contributed by atoms with Crippen molar-refractivity contribution in [3.8, 4) is 0 Å². The fraction of sp³-hybridized carbons (Fsp3) is 0.415. The normalized spacial score (nSPS) is 13.3. The van der Waals surface area contributed by atoms with Crippen molar-refractivity contribution in [2.75, 3.05) is 65.4 Å². The van der Waals surface area contributed by atoms with Gasteiger partial charge in [0.2, 0.25) is 50.1 Å². The molecule has 0 bridgehead atoms. The summed E-state index contributed by atoms with van der Waals surface area (Å²) < 4.78 is 151. The topological polar surface area (TPSA) is 187 Å². The number of nitrogens with zero attached hydrogens (tertiary/aromatic N) is 5. The van der Waals surface area contributed by atoms with Gasteiger partial charge in [-0.05, 0) is 159 Å². The average molecular weight is 1260 g/mol. The zero-order valence-corrected chi connectivity index (χ0v) is 56.9. The van der Waals surface area contributed by atoms with Gasteiger partial charge < -0.3 is 0 Å². The second kappa shape index (κ2) is 29.1. The average Bonchev–Trinajstić information content (AvgIpc) is 2.55. The molecule has 0 unspecified atom stereocenters. The first-order chi connectivity index (χ1) is 39.5. The Morgan fingerprint density at radius 1 is 0.235 bits per heavy atom. The van der Waals surface area contributed by atoms with Crippen molar-refractivity contribution < 1.29 is 42.1 Å². The maximum atomic E-state index is 14.9. The van der Waals surface area contributed by atoms with Crippen LogP contribution in [0.5, 0.6) is 0 Å². The first-order valence-electron chi connectivity index (χ1n) is 28.5. The Kier molecular flexibility index (Phi) is 24.1. The molecule has 5 rings (SSSR count). The smallest absolute Gasteiger partial charge is 0.207 e. The number of likely N-dealkylation sites (N-methyl/N-ethyl adjacent to an activating group) is 2.